The summed E-state index contributed by atoms with van der Waals surface area (Å²) in [5.41, 5.74) is 3.13. The molecule has 0 N–H and O–H groups in total. The van der Waals surface area contributed by atoms with Crippen molar-refractivity contribution >= 4 is 0 Å². The van der Waals surface area contributed by atoms with E-state index < -0.39 is 0 Å². The van der Waals surface area contributed by atoms with Gasteiger partial charge in [0.05, 0.1) is 5.69 Å². The van der Waals surface area contributed by atoms with Crippen LogP contribution in [0.4, 0.5) is 0 Å². The van der Waals surface area contributed by atoms with Crippen LogP contribution in [0, 0.1) is 0 Å². The first-order valence-corrected chi connectivity index (χ1v) is 7.86. The second kappa shape index (κ2) is 6.46. The normalized spacial score (nSPS) is 10.7. The van der Waals surface area contributed by atoms with Gasteiger partial charge in [-0.25, -0.2) is 9.67 Å². The highest BCUT2D eigenvalue weighted by Gasteiger charge is 2.13. The Morgan fingerprint density at radius 3 is 2.25 bits per heavy atom. The van der Waals surface area contributed by atoms with Crippen molar-refractivity contribution in [1.82, 2.24) is 19.7 Å². The summed E-state index contributed by atoms with van der Waals surface area (Å²) in [5.74, 6) is 1.63. The van der Waals surface area contributed by atoms with Gasteiger partial charge in [0.2, 0.25) is 0 Å². The van der Waals surface area contributed by atoms with Gasteiger partial charge in [0.25, 0.3) is 0 Å². The summed E-state index contributed by atoms with van der Waals surface area (Å²) in [6.45, 7) is 0. The molecule has 0 aliphatic rings. The molecular formula is C20H16N4. The molecule has 0 radical (unpaired) electrons. The van der Waals surface area contributed by atoms with Crippen LogP contribution < -0.4 is 0 Å². The summed E-state index contributed by atoms with van der Waals surface area (Å²) in [6, 6.07) is 24.1. The molecular weight excluding hydrogens is 296 g/mol. The fraction of sp³-hybridized carbons (Fsp3) is 0.0500. The van der Waals surface area contributed by atoms with Gasteiger partial charge in [-0.05, 0) is 23.8 Å². The topological polar surface area (TPSA) is 43.6 Å². The number of hydrogen-bond donors (Lipinski definition) is 0. The Bertz CT molecular complexity index is 916. The quantitative estimate of drug-likeness (QED) is 0.573. The van der Waals surface area contributed by atoms with E-state index in [-0.39, 0.29) is 0 Å². The highest BCUT2D eigenvalue weighted by molar-refractivity contribution is 5.55. The van der Waals surface area contributed by atoms with Crippen LogP contribution in [0.25, 0.3) is 17.1 Å². The monoisotopic (exact) mass is 312 g/mol. The minimum Gasteiger partial charge on any atom is -0.264 e. The van der Waals surface area contributed by atoms with E-state index in [1.54, 1.807) is 6.20 Å². The summed E-state index contributed by atoms with van der Waals surface area (Å²) in [4.78, 5) is 8.97. The Kier molecular flexibility index (Phi) is 3.86. The van der Waals surface area contributed by atoms with E-state index in [9.17, 15) is 0 Å². The van der Waals surface area contributed by atoms with Crippen LogP contribution in [0.1, 0.15) is 11.4 Å². The molecule has 0 spiro atoms. The van der Waals surface area contributed by atoms with Crippen molar-refractivity contribution in [1.29, 1.82) is 0 Å². The molecule has 4 rings (SSSR count). The molecule has 4 nitrogen and oxygen atoms in total. The van der Waals surface area contributed by atoms with Crippen molar-refractivity contribution in [2.45, 2.75) is 6.42 Å². The van der Waals surface area contributed by atoms with Gasteiger partial charge < -0.3 is 0 Å². The molecule has 0 saturated carbocycles. The molecule has 116 valence electrons. The summed E-state index contributed by atoms with van der Waals surface area (Å²) >= 11 is 0. The zero-order valence-corrected chi connectivity index (χ0v) is 13.1. The van der Waals surface area contributed by atoms with Crippen LogP contribution >= 0.6 is 0 Å². The molecule has 2 aromatic heterocycles. The van der Waals surface area contributed by atoms with Crippen molar-refractivity contribution in [3.63, 3.8) is 0 Å². The number of nitrogens with zero attached hydrogens (tertiary/aromatic N) is 4. The van der Waals surface area contributed by atoms with E-state index in [4.69, 9.17) is 10.1 Å². The molecule has 0 fully saturated rings. The first-order valence-electron chi connectivity index (χ1n) is 7.86. The van der Waals surface area contributed by atoms with Gasteiger partial charge in [-0.1, -0.05) is 54.6 Å². The fourth-order valence-electron chi connectivity index (χ4n) is 2.63. The molecule has 0 aliphatic heterocycles. The third-order valence-corrected chi connectivity index (χ3v) is 3.79. The van der Waals surface area contributed by atoms with Gasteiger partial charge in [0.15, 0.2) is 5.82 Å². The lowest BCUT2D eigenvalue weighted by Gasteiger charge is -2.05. The van der Waals surface area contributed by atoms with Crippen LogP contribution in [0.5, 0.6) is 0 Å². The zero-order valence-electron chi connectivity index (χ0n) is 13.1. The average molecular weight is 312 g/mol. The SMILES string of the molecule is c1ccc(-c2nc(Cc3cccnc3)n(-c3ccccc3)n2)cc1. The minimum absolute atomic E-state index is 0.683. The smallest absolute Gasteiger partial charge is 0.181 e. The fourth-order valence-corrected chi connectivity index (χ4v) is 2.63. The van der Waals surface area contributed by atoms with Crippen molar-refractivity contribution in [3.05, 3.63) is 96.6 Å². The van der Waals surface area contributed by atoms with Gasteiger partial charge in [-0.3, -0.25) is 4.98 Å². The zero-order chi connectivity index (χ0) is 16.2. The Morgan fingerprint density at radius 1 is 0.792 bits per heavy atom. The van der Waals surface area contributed by atoms with Gasteiger partial charge in [-0.15, -0.1) is 5.10 Å². The first-order chi connectivity index (χ1) is 11.9. The van der Waals surface area contributed by atoms with E-state index in [0.29, 0.717) is 6.42 Å². The van der Waals surface area contributed by atoms with E-state index >= 15 is 0 Å². The number of hydrogen-bond acceptors (Lipinski definition) is 3. The molecule has 24 heavy (non-hydrogen) atoms. The maximum atomic E-state index is 4.78. The maximum Gasteiger partial charge on any atom is 0.181 e. The summed E-state index contributed by atoms with van der Waals surface area (Å²) in [7, 11) is 0. The molecule has 0 amide bonds. The standard InChI is InChI=1S/C20H16N4/c1-3-9-17(10-4-1)20-22-19(14-16-8-7-13-21-15-16)24(23-20)18-11-5-2-6-12-18/h1-13,15H,14H2. The molecule has 0 unspecified atom stereocenters. The third-order valence-electron chi connectivity index (χ3n) is 3.79. The van der Waals surface area contributed by atoms with E-state index in [0.717, 1.165) is 28.5 Å². The van der Waals surface area contributed by atoms with Gasteiger partial charge in [-0.2, -0.15) is 0 Å². The lowest BCUT2D eigenvalue weighted by Crippen LogP contribution is -2.03. The second-order valence-corrected chi connectivity index (χ2v) is 5.50. The van der Waals surface area contributed by atoms with Crippen molar-refractivity contribution < 1.29 is 0 Å². The third kappa shape index (κ3) is 2.94. The van der Waals surface area contributed by atoms with Crippen LogP contribution in [0.15, 0.2) is 85.2 Å². The van der Waals surface area contributed by atoms with Crippen molar-refractivity contribution in [2.24, 2.45) is 0 Å². The Hall–Kier alpha value is -3.27. The predicted octanol–water partition coefficient (Wildman–Crippen LogP) is 3.92. The molecule has 4 aromatic rings. The van der Waals surface area contributed by atoms with Crippen LogP contribution in [0.2, 0.25) is 0 Å². The van der Waals surface area contributed by atoms with Crippen molar-refractivity contribution in [3.8, 4) is 17.1 Å². The van der Waals surface area contributed by atoms with Crippen LogP contribution in [0.3, 0.4) is 0 Å². The van der Waals surface area contributed by atoms with Crippen LogP contribution in [-0.4, -0.2) is 19.7 Å². The molecule has 0 atom stereocenters. The van der Waals surface area contributed by atoms with Crippen molar-refractivity contribution in [2.75, 3.05) is 0 Å². The first kappa shape index (κ1) is 14.3. The second-order valence-electron chi connectivity index (χ2n) is 5.50. The molecule has 0 saturated heterocycles. The lowest BCUT2D eigenvalue weighted by molar-refractivity contribution is 0.812. The summed E-state index contributed by atoms with van der Waals surface area (Å²) < 4.78 is 1.91. The number of benzene rings is 2. The summed E-state index contributed by atoms with van der Waals surface area (Å²) in [6.07, 6.45) is 4.33. The predicted molar refractivity (Wildman–Crippen MR) is 93.8 cm³/mol. The molecule has 0 aliphatic carbocycles. The largest absolute Gasteiger partial charge is 0.264 e. The molecule has 2 aromatic carbocycles. The molecule has 0 bridgehead atoms. The highest BCUT2D eigenvalue weighted by Crippen LogP contribution is 2.19. The molecule has 2 heterocycles. The molecule has 4 heteroatoms. The Balaban J connectivity index is 1.80. The Morgan fingerprint density at radius 2 is 1.54 bits per heavy atom. The van der Waals surface area contributed by atoms with E-state index in [2.05, 4.69) is 11.1 Å². The minimum atomic E-state index is 0.683. The van der Waals surface area contributed by atoms with Crippen LogP contribution in [-0.2, 0) is 6.42 Å². The number of rotatable bonds is 4. The number of aromatic nitrogens is 4. The average Bonchev–Trinajstić information content (AvgIpc) is 3.08. The number of para-hydroxylation sites is 1. The highest BCUT2D eigenvalue weighted by atomic mass is 15.3. The maximum absolute atomic E-state index is 4.78. The van der Waals surface area contributed by atoms with Gasteiger partial charge >= 0.3 is 0 Å². The number of pyridine rings is 1. The lowest BCUT2D eigenvalue weighted by atomic mass is 10.2. The summed E-state index contributed by atoms with van der Waals surface area (Å²) in [5, 5.41) is 4.73. The van der Waals surface area contributed by atoms with Gasteiger partial charge in [0.1, 0.15) is 5.82 Å². The van der Waals surface area contributed by atoms with E-state index in [1.807, 2.05) is 77.6 Å². The van der Waals surface area contributed by atoms with Gasteiger partial charge in [0, 0.05) is 24.4 Å². The van der Waals surface area contributed by atoms with E-state index in [1.165, 1.54) is 0 Å². The Labute approximate surface area is 140 Å².